The number of hydrogen-bond donors (Lipinski definition) is 2. The Morgan fingerprint density at radius 1 is 1.08 bits per heavy atom. The number of methoxy groups -OCH3 is 1. The first-order valence-corrected chi connectivity index (χ1v) is 11.1. The first-order valence-electron chi connectivity index (χ1n) is 11.1. The summed E-state index contributed by atoms with van der Waals surface area (Å²) in [5.41, 5.74) is 0.796. The lowest BCUT2D eigenvalue weighted by atomic mass is 10.0. The third kappa shape index (κ3) is 4.56. The summed E-state index contributed by atoms with van der Waals surface area (Å²) in [6.07, 6.45) is 2.95. The maximum Gasteiger partial charge on any atom is 0.260 e. The van der Waals surface area contributed by atoms with Crippen molar-refractivity contribution in [2.75, 3.05) is 12.4 Å². The molecule has 0 aliphatic heterocycles. The van der Waals surface area contributed by atoms with Crippen LogP contribution >= 0.6 is 0 Å². The van der Waals surface area contributed by atoms with Crippen molar-refractivity contribution in [3.8, 4) is 23.4 Å². The minimum atomic E-state index is -0.521. The number of carbonyl (C=O) groups is 1. The largest absolute Gasteiger partial charge is 0.505 e. The highest BCUT2D eigenvalue weighted by molar-refractivity contribution is 6.16. The average Bonchev–Trinajstić information content (AvgIpc) is 3.35. The van der Waals surface area contributed by atoms with Gasteiger partial charge in [-0.05, 0) is 53.2 Å². The van der Waals surface area contributed by atoms with Gasteiger partial charge < -0.3 is 15.2 Å². The summed E-state index contributed by atoms with van der Waals surface area (Å²) in [6.45, 7) is 0. The molecule has 0 saturated carbocycles. The number of carbonyl (C=O) groups excluding carboxylic acids is 1. The number of nitriles is 1. The van der Waals surface area contributed by atoms with Gasteiger partial charge in [0.05, 0.1) is 18.9 Å². The monoisotopic (exact) mass is 489 g/mol. The molecule has 2 N–H and O–H groups in total. The molecule has 180 valence electrons. The first kappa shape index (κ1) is 23.2. The zero-order chi connectivity index (χ0) is 25.8. The van der Waals surface area contributed by atoms with E-state index in [1.165, 1.54) is 10.9 Å². The molecule has 0 unspecified atom stereocenters. The number of azo groups is 1. The third-order valence-electron chi connectivity index (χ3n) is 5.56. The van der Waals surface area contributed by atoms with Crippen LogP contribution in [-0.4, -0.2) is 32.9 Å². The Morgan fingerprint density at radius 2 is 1.86 bits per heavy atom. The minimum Gasteiger partial charge on any atom is -0.505 e. The van der Waals surface area contributed by atoms with Gasteiger partial charge in [0.15, 0.2) is 17.4 Å². The second kappa shape index (κ2) is 9.97. The van der Waals surface area contributed by atoms with E-state index in [-0.39, 0.29) is 28.4 Å². The van der Waals surface area contributed by atoms with Gasteiger partial charge in [-0.15, -0.1) is 10.2 Å². The van der Waals surface area contributed by atoms with Crippen molar-refractivity contribution in [3.63, 3.8) is 0 Å². The van der Waals surface area contributed by atoms with Gasteiger partial charge in [-0.3, -0.25) is 4.79 Å². The number of hydrogen-bond acceptors (Lipinski definition) is 8. The number of phenols is 1. The van der Waals surface area contributed by atoms with Crippen molar-refractivity contribution in [2.24, 2.45) is 10.2 Å². The van der Waals surface area contributed by atoms with Crippen LogP contribution in [0.1, 0.15) is 15.9 Å². The van der Waals surface area contributed by atoms with Crippen LogP contribution in [0.4, 0.5) is 17.2 Å². The van der Waals surface area contributed by atoms with Crippen molar-refractivity contribution in [2.45, 2.75) is 0 Å². The lowest BCUT2D eigenvalue weighted by molar-refractivity contribution is 0.102. The highest BCUT2D eigenvalue weighted by atomic mass is 16.5. The Hall–Kier alpha value is -5.56. The van der Waals surface area contributed by atoms with E-state index in [1.807, 2.05) is 12.1 Å². The van der Waals surface area contributed by atoms with E-state index in [4.69, 9.17) is 4.74 Å². The van der Waals surface area contributed by atoms with E-state index in [0.29, 0.717) is 28.0 Å². The third-order valence-corrected chi connectivity index (χ3v) is 5.56. The minimum absolute atomic E-state index is 0.0432. The highest BCUT2D eigenvalue weighted by Gasteiger charge is 2.20. The van der Waals surface area contributed by atoms with Gasteiger partial charge in [0, 0.05) is 11.9 Å². The summed E-state index contributed by atoms with van der Waals surface area (Å²) in [5, 5.41) is 37.3. The quantitative estimate of drug-likeness (QED) is 0.295. The van der Waals surface area contributed by atoms with Crippen LogP contribution in [-0.2, 0) is 0 Å². The summed E-state index contributed by atoms with van der Waals surface area (Å²) in [7, 11) is 1.56. The fourth-order valence-electron chi connectivity index (χ4n) is 3.76. The smallest absolute Gasteiger partial charge is 0.260 e. The van der Waals surface area contributed by atoms with Crippen molar-refractivity contribution >= 4 is 33.9 Å². The molecule has 0 saturated heterocycles. The number of phenolic OH excluding ortho intramolecular Hbond substituents is 1. The van der Waals surface area contributed by atoms with Gasteiger partial charge in [-0.1, -0.05) is 30.3 Å². The van der Waals surface area contributed by atoms with Crippen LogP contribution in [0.2, 0.25) is 0 Å². The normalized spacial score (nSPS) is 10.9. The Labute approximate surface area is 211 Å². The molecule has 5 aromatic rings. The zero-order valence-electron chi connectivity index (χ0n) is 19.5. The molecule has 0 aliphatic carbocycles. The Balaban J connectivity index is 1.57. The van der Waals surface area contributed by atoms with E-state index in [9.17, 15) is 15.2 Å². The van der Waals surface area contributed by atoms with E-state index in [1.54, 1.807) is 80.0 Å². The summed E-state index contributed by atoms with van der Waals surface area (Å²) >= 11 is 0. The zero-order valence-corrected chi connectivity index (χ0v) is 19.5. The number of aromatic hydroxyl groups is 1. The Kier molecular flexibility index (Phi) is 6.25. The maximum atomic E-state index is 13.3. The molecular weight excluding hydrogens is 470 g/mol. The fraction of sp³-hybridized carbons (Fsp3) is 0.0370. The molecule has 10 nitrogen and oxygen atoms in total. The van der Waals surface area contributed by atoms with Gasteiger partial charge >= 0.3 is 0 Å². The molecule has 0 bridgehead atoms. The van der Waals surface area contributed by atoms with E-state index >= 15 is 0 Å². The summed E-state index contributed by atoms with van der Waals surface area (Å²) < 4.78 is 6.53. The number of ether oxygens (including phenoxy) is 1. The molecule has 0 fully saturated rings. The molecule has 10 heteroatoms. The van der Waals surface area contributed by atoms with Crippen LogP contribution < -0.4 is 10.1 Å². The molecule has 0 aliphatic rings. The Bertz CT molecular complexity index is 1670. The number of pyridine rings is 1. The van der Waals surface area contributed by atoms with E-state index < -0.39 is 5.91 Å². The molecule has 5 rings (SSSR count). The topological polar surface area (TPSA) is 138 Å². The molecular formula is C27H19N7O3. The second-order valence-electron chi connectivity index (χ2n) is 7.82. The molecule has 37 heavy (non-hydrogen) atoms. The van der Waals surface area contributed by atoms with Crippen molar-refractivity contribution in [3.05, 3.63) is 96.3 Å². The molecule has 2 aromatic heterocycles. The number of anilines is 1. The molecule has 0 spiro atoms. The maximum absolute atomic E-state index is 13.3. The molecule has 1 amide bonds. The van der Waals surface area contributed by atoms with Gasteiger partial charge in [0.25, 0.3) is 5.91 Å². The standard InChI is InChI=1S/C27H19N7O3/c1-37-20-11-9-19(10-12-20)31-27(36)24-21-7-3-2-6-17(21)14-22(25(24)35)32-33-26-18(15-28)16-30-34(26)23-8-4-5-13-29-23/h2-14,16,35H,1H3,(H,31,36)/b33-32+. The van der Waals surface area contributed by atoms with Crippen molar-refractivity contribution < 1.29 is 14.6 Å². The highest BCUT2D eigenvalue weighted by Crippen LogP contribution is 2.38. The first-order chi connectivity index (χ1) is 18.1. The van der Waals surface area contributed by atoms with Crippen LogP contribution in [0, 0.1) is 11.3 Å². The number of fused-ring (bicyclic) bond motifs is 1. The summed E-state index contributed by atoms with van der Waals surface area (Å²) in [5.74, 6) is 0.358. The van der Waals surface area contributed by atoms with E-state index in [0.717, 1.165) is 0 Å². The van der Waals surface area contributed by atoms with Gasteiger partial charge in [0.1, 0.15) is 23.1 Å². The molecule has 2 heterocycles. The number of aromatic nitrogens is 3. The molecule has 0 radical (unpaired) electrons. The molecule has 3 aromatic carbocycles. The van der Waals surface area contributed by atoms with Crippen molar-refractivity contribution in [1.29, 1.82) is 5.26 Å². The Morgan fingerprint density at radius 3 is 2.59 bits per heavy atom. The average molecular weight is 489 g/mol. The van der Waals surface area contributed by atoms with E-state index in [2.05, 4.69) is 25.6 Å². The van der Waals surface area contributed by atoms with Gasteiger partial charge in [-0.25, -0.2) is 4.98 Å². The van der Waals surface area contributed by atoms with Crippen LogP contribution in [0.3, 0.4) is 0 Å². The number of rotatable bonds is 6. The second-order valence-corrected chi connectivity index (χ2v) is 7.82. The SMILES string of the molecule is COc1ccc(NC(=O)c2c(O)c(/N=N/c3c(C#N)cnn3-c3ccccn3)cc3ccccc23)cc1. The van der Waals surface area contributed by atoms with Gasteiger partial charge in [0.2, 0.25) is 0 Å². The summed E-state index contributed by atoms with van der Waals surface area (Å²) in [6, 6.07) is 22.9. The number of nitrogens with zero attached hydrogens (tertiary/aromatic N) is 6. The molecule has 0 atom stereocenters. The lowest BCUT2D eigenvalue weighted by Gasteiger charge is -2.12. The number of nitrogens with one attached hydrogen (secondary N) is 1. The number of amides is 1. The van der Waals surface area contributed by atoms with Crippen LogP contribution in [0.25, 0.3) is 16.6 Å². The van der Waals surface area contributed by atoms with Gasteiger partial charge in [-0.2, -0.15) is 15.0 Å². The number of benzene rings is 3. The van der Waals surface area contributed by atoms with Crippen LogP contribution in [0.5, 0.6) is 11.5 Å². The van der Waals surface area contributed by atoms with Crippen LogP contribution in [0.15, 0.2) is 95.4 Å². The lowest BCUT2D eigenvalue weighted by Crippen LogP contribution is -2.12. The predicted octanol–water partition coefficient (Wildman–Crippen LogP) is 5.67. The van der Waals surface area contributed by atoms with Crippen molar-refractivity contribution in [1.82, 2.24) is 14.8 Å². The fourth-order valence-corrected chi connectivity index (χ4v) is 3.76. The predicted molar refractivity (Wildman–Crippen MR) is 137 cm³/mol. The summed E-state index contributed by atoms with van der Waals surface area (Å²) in [4.78, 5) is 17.5.